The van der Waals surface area contributed by atoms with Gasteiger partial charge in [-0.05, 0) is 35.4 Å². The van der Waals surface area contributed by atoms with Crippen LogP contribution in [0.15, 0.2) is 36.4 Å². The first kappa shape index (κ1) is 26.0. The average Bonchev–Trinajstić information content (AvgIpc) is 3.52. The molecule has 3 fully saturated rings. The molecule has 37 heavy (non-hydrogen) atoms. The van der Waals surface area contributed by atoms with Crippen molar-refractivity contribution in [3.8, 4) is 23.0 Å². The van der Waals surface area contributed by atoms with E-state index in [-0.39, 0.29) is 35.5 Å². The fraction of sp³-hybridized carbons (Fsp3) is 0.538. The maximum absolute atomic E-state index is 10.4. The Morgan fingerprint density at radius 3 is 2.00 bits per heavy atom. The van der Waals surface area contributed by atoms with Gasteiger partial charge in [0, 0.05) is 11.8 Å². The summed E-state index contributed by atoms with van der Waals surface area (Å²) < 4.78 is 34.0. The molecule has 202 valence electrons. The van der Waals surface area contributed by atoms with Gasteiger partial charge >= 0.3 is 0 Å². The number of phenolic OH excluding ortho intramolecular Hbond substituents is 1. The third-order valence-corrected chi connectivity index (χ3v) is 7.42. The Hall–Kier alpha value is -2.64. The predicted octanol–water partition coefficient (Wildman–Crippen LogP) is 0.663. The Morgan fingerprint density at radius 1 is 0.811 bits per heavy atom. The second-order valence-electron chi connectivity index (χ2n) is 9.49. The van der Waals surface area contributed by atoms with Gasteiger partial charge in [-0.25, -0.2) is 0 Å². The lowest BCUT2D eigenvalue weighted by molar-refractivity contribution is -0.280. The van der Waals surface area contributed by atoms with Crippen molar-refractivity contribution in [2.45, 2.75) is 42.9 Å². The Labute approximate surface area is 213 Å². The molecule has 3 heterocycles. The number of phenols is 1. The molecule has 0 aliphatic carbocycles. The van der Waals surface area contributed by atoms with Crippen LogP contribution in [0, 0.1) is 11.8 Å². The molecule has 11 nitrogen and oxygen atoms in total. The van der Waals surface area contributed by atoms with Gasteiger partial charge in [0.15, 0.2) is 35.4 Å². The number of aliphatic hydroxyl groups is 4. The van der Waals surface area contributed by atoms with E-state index < -0.39 is 37.3 Å². The number of aliphatic hydroxyl groups excluding tert-OH is 4. The highest BCUT2D eigenvalue weighted by molar-refractivity contribution is 5.45. The van der Waals surface area contributed by atoms with E-state index in [9.17, 15) is 25.5 Å². The zero-order chi connectivity index (χ0) is 26.3. The minimum absolute atomic E-state index is 0.0679. The monoisotopic (exact) mass is 520 g/mol. The van der Waals surface area contributed by atoms with E-state index in [0.717, 1.165) is 11.1 Å². The second-order valence-corrected chi connectivity index (χ2v) is 9.49. The highest BCUT2D eigenvalue weighted by Crippen LogP contribution is 2.51. The molecule has 0 spiro atoms. The van der Waals surface area contributed by atoms with Crippen molar-refractivity contribution in [1.82, 2.24) is 0 Å². The Bertz CT molecular complexity index is 1090. The smallest absolute Gasteiger partial charge is 0.195 e. The van der Waals surface area contributed by atoms with Crippen LogP contribution in [0.4, 0.5) is 0 Å². The van der Waals surface area contributed by atoms with Crippen LogP contribution in [0.25, 0.3) is 0 Å². The summed E-state index contributed by atoms with van der Waals surface area (Å²) in [5, 5.41) is 50.0. The fourth-order valence-corrected chi connectivity index (χ4v) is 5.41. The maximum Gasteiger partial charge on any atom is 0.195 e. The number of hydrogen-bond donors (Lipinski definition) is 5. The fourth-order valence-electron chi connectivity index (χ4n) is 5.41. The van der Waals surface area contributed by atoms with E-state index in [4.69, 9.17) is 28.4 Å². The molecule has 3 saturated heterocycles. The first-order valence-electron chi connectivity index (χ1n) is 12.1. The molecular weight excluding hydrogens is 488 g/mol. The summed E-state index contributed by atoms with van der Waals surface area (Å²) in [7, 11) is 2.97. The van der Waals surface area contributed by atoms with Crippen molar-refractivity contribution in [3.05, 3.63) is 47.5 Å². The molecule has 0 saturated carbocycles. The van der Waals surface area contributed by atoms with E-state index in [1.807, 2.05) is 12.1 Å². The molecule has 0 bridgehead atoms. The van der Waals surface area contributed by atoms with Gasteiger partial charge in [-0.2, -0.15) is 0 Å². The lowest BCUT2D eigenvalue weighted by Gasteiger charge is -2.39. The maximum atomic E-state index is 10.4. The molecule has 0 unspecified atom stereocenters. The van der Waals surface area contributed by atoms with E-state index in [1.165, 1.54) is 14.2 Å². The van der Waals surface area contributed by atoms with Crippen molar-refractivity contribution in [2.75, 3.05) is 34.0 Å². The zero-order valence-corrected chi connectivity index (χ0v) is 20.5. The summed E-state index contributed by atoms with van der Waals surface area (Å²) in [6, 6.07) is 10.4. The molecule has 3 aliphatic rings. The molecule has 2 aromatic carbocycles. The quantitative estimate of drug-likeness (QED) is 0.349. The van der Waals surface area contributed by atoms with Crippen LogP contribution in [-0.4, -0.2) is 90.3 Å². The molecule has 5 rings (SSSR count). The largest absolute Gasteiger partial charge is 0.504 e. The van der Waals surface area contributed by atoms with Gasteiger partial charge in [-0.15, -0.1) is 0 Å². The van der Waals surface area contributed by atoms with Gasteiger partial charge in [0.25, 0.3) is 0 Å². The summed E-state index contributed by atoms with van der Waals surface area (Å²) in [4.78, 5) is 0. The van der Waals surface area contributed by atoms with E-state index in [1.54, 1.807) is 24.3 Å². The van der Waals surface area contributed by atoms with E-state index >= 15 is 0 Å². The van der Waals surface area contributed by atoms with Crippen molar-refractivity contribution in [2.24, 2.45) is 11.8 Å². The van der Waals surface area contributed by atoms with Crippen molar-refractivity contribution in [1.29, 1.82) is 0 Å². The molecule has 2 aromatic rings. The number of benzene rings is 2. The van der Waals surface area contributed by atoms with Crippen LogP contribution in [-0.2, 0) is 14.2 Å². The zero-order valence-electron chi connectivity index (χ0n) is 20.5. The number of methoxy groups -OCH3 is 2. The summed E-state index contributed by atoms with van der Waals surface area (Å²) in [6.07, 6.45) is -7.36. The second kappa shape index (κ2) is 10.6. The Balaban J connectivity index is 1.32. The SMILES string of the molecule is COc1cc([C@H]2OC[C@H]3[C@@H]2CO[C@@H]3c2ccc(O[C@H]3[C@H](O)[C@@H](O)[C@H](CO)O[C@@H]3O)c(OC)c2)ccc1O. The van der Waals surface area contributed by atoms with Gasteiger partial charge in [-0.3, -0.25) is 0 Å². The molecule has 3 aliphatic heterocycles. The Morgan fingerprint density at radius 2 is 1.41 bits per heavy atom. The number of fused-ring (bicyclic) bond motifs is 1. The minimum atomic E-state index is -1.56. The molecule has 5 N–H and O–H groups in total. The van der Waals surface area contributed by atoms with Crippen molar-refractivity contribution in [3.63, 3.8) is 0 Å². The third kappa shape index (κ3) is 4.72. The minimum Gasteiger partial charge on any atom is -0.504 e. The standard InChI is InChI=1S/C26H32O11/c1-32-18-7-12(3-5-16(18)28)23-14-10-35-24(15(14)11-34-23)13-4-6-17(19(8-13)33-2)36-25-22(30)21(29)20(9-27)37-26(25)31/h3-8,14-15,20-31H,9-11H2,1-2H3/t14-,15-,20-,21-,22+,23+,24+,25-,26-/m0/s1. The molecular formula is C26H32O11. The van der Waals surface area contributed by atoms with E-state index in [0.29, 0.717) is 24.7 Å². The van der Waals surface area contributed by atoms with Gasteiger partial charge < -0.3 is 54.0 Å². The van der Waals surface area contributed by atoms with Crippen LogP contribution in [0.5, 0.6) is 23.0 Å². The topological polar surface area (TPSA) is 157 Å². The van der Waals surface area contributed by atoms with Crippen LogP contribution in [0.3, 0.4) is 0 Å². The molecule has 0 radical (unpaired) electrons. The summed E-state index contributed by atoms with van der Waals surface area (Å²) in [6.45, 7) is 0.422. The molecule has 9 atom stereocenters. The van der Waals surface area contributed by atoms with Gasteiger partial charge in [-0.1, -0.05) is 12.1 Å². The van der Waals surface area contributed by atoms with Crippen LogP contribution in [0.1, 0.15) is 23.3 Å². The first-order chi connectivity index (χ1) is 17.9. The van der Waals surface area contributed by atoms with Crippen molar-refractivity contribution >= 4 is 0 Å². The third-order valence-electron chi connectivity index (χ3n) is 7.42. The van der Waals surface area contributed by atoms with Gasteiger partial charge in [0.1, 0.15) is 18.3 Å². The van der Waals surface area contributed by atoms with Crippen molar-refractivity contribution < 1.29 is 54.0 Å². The van der Waals surface area contributed by atoms with Crippen LogP contribution < -0.4 is 14.2 Å². The van der Waals surface area contributed by atoms with E-state index in [2.05, 4.69) is 0 Å². The molecule has 11 heteroatoms. The Kier molecular flexibility index (Phi) is 7.46. The summed E-state index contributed by atoms with van der Waals surface area (Å²) >= 11 is 0. The summed E-state index contributed by atoms with van der Waals surface area (Å²) in [5.41, 5.74) is 1.76. The highest BCUT2D eigenvalue weighted by atomic mass is 16.7. The lowest BCUT2D eigenvalue weighted by atomic mass is 9.85. The number of rotatable bonds is 7. The number of aromatic hydroxyl groups is 1. The van der Waals surface area contributed by atoms with Gasteiger partial charge in [0.05, 0.1) is 46.2 Å². The normalized spacial score (nSPS) is 35.2. The number of hydrogen-bond acceptors (Lipinski definition) is 11. The molecule has 0 amide bonds. The average molecular weight is 521 g/mol. The first-order valence-corrected chi connectivity index (χ1v) is 12.1. The van der Waals surface area contributed by atoms with Crippen LogP contribution in [0.2, 0.25) is 0 Å². The number of ether oxygens (including phenoxy) is 6. The molecule has 0 aromatic heterocycles. The predicted molar refractivity (Wildman–Crippen MR) is 126 cm³/mol. The highest BCUT2D eigenvalue weighted by Gasteiger charge is 2.49. The summed E-state index contributed by atoms with van der Waals surface area (Å²) in [5.74, 6) is 1.23. The van der Waals surface area contributed by atoms with Crippen LogP contribution >= 0.6 is 0 Å². The van der Waals surface area contributed by atoms with Gasteiger partial charge in [0.2, 0.25) is 0 Å². The lowest BCUT2D eigenvalue weighted by Crippen LogP contribution is -2.60.